The Morgan fingerprint density at radius 1 is 0.202 bits per heavy atom. The van der Waals surface area contributed by atoms with Gasteiger partial charge in [0.25, 0.3) is 0 Å². The molecule has 6 amide bonds. The van der Waals surface area contributed by atoms with E-state index < -0.39 is 408 Å². The Balaban J connectivity index is 1.07. The first-order chi connectivity index (χ1) is 61.0. The highest BCUT2D eigenvalue weighted by atomic mass is 16.8. The molecule has 744 valence electrons. The van der Waals surface area contributed by atoms with Gasteiger partial charge in [-0.2, -0.15) is 0 Å². The Kier molecular flexibility index (Phi) is 38.4. The molecule has 0 aromatic rings. The maximum Gasteiger partial charge on any atom is 0.217 e. The van der Waals surface area contributed by atoms with E-state index in [1.807, 2.05) is 0 Å². The summed E-state index contributed by atoms with van der Waals surface area (Å²) in [5.74, 6) is -5.52. The predicted octanol–water partition coefficient (Wildman–Crippen LogP) is -21.9. The number of ether oxygens (including phenoxy) is 19. The molecule has 0 unspecified atom stereocenters. The molecule has 0 aromatic heterocycles. The van der Waals surface area contributed by atoms with E-state index in [-0.39, 0.29) is 0 Å². The minimum atomic E-state index is -2.73. The fourth-order valence-corrected chi connectivity index (χ4v) is 16.6. The minimum absolute atomic E-state index is 0.820. The first-order valence-corrected chi connectivity index (χ1v) is 41.1. The minimum Gasteiger partial charge on any atom is -0.394 e. The van der Waals surface area contributed by atoms with Gasteiger partial charge < -0.3 is 255 Å². The zero-order chi connectivity index (χ0) is 95.1. The van der Waals surface area contributed by atoms with Gasteiger partial charge in [0.05, 0.1) is 66.1 Å². The van der Waals surface area contributed by atoms with Crippen molar-refractivity contribution in [2.45, 2.75) is 348 Å². The third kappa shape index (κ3) is 24.2. The lowest BCUT2D eigenvalue weighted by atomic mass is 9.93. The monoisotopic (exact) mass is 1880 g/mol. The zero-order valence-electron chi connectivity index (χ0n) is 69.8. The highest BCUT2D eigenvalue weighted by Gasteiger charge is 2.62. The quantitative estimate of drug-likeness (QED) is 0.0284. The van der Waals surface area contributed by atoms with Gasteiger partial charge in [-0.05, 0) is 0 Å². The lowest BCUT2D eigenvalue weighted by molar-refractivity contribution is -0.405. The highest BCUT2D eigenvalue weighted by molar-refractivity contribution is 5.75. The summed E-state index contributed by atoms with van der Waals surface area (Å²) in [6, 6.07) is -11.2. The van der Waals surface area contributed by atoms with Crippen LogP contribution in [0.3, 0.4) is 0 Å². The van der Waals surface area contributed by atoms with Crippen LogP contribution in [-0.4, -0.2) is 541 Å². The van der Waals surface area contributed by atoms with Gasteiger partial charge in [0.2, 0.25) is 35.4 Å². The van der Waals surface area contributed by atoms with Crippen LogP contribution in [0.5, 0.6) is 0 Å². The van der Waals surface area contributed by atoms with Gasteiger partial charge in [0.15, 0.2) is 62.9 Å². The molecule has 129 heavy (non-hydrogen) atoms. The number of hydrogen-bond acceptors (Lipinski definition) is 51. The van der Waals surface area contributed by atoms with Crippen LogP contribution in [0.25, 0.3) is 0 Å². The lowest BCUT2D eigenvalue weighted by Gasteiger charge is -2.52. The Morgan fingerprint density at radius 2 is 0.442 bits per heavy atom. The Labute approximate surface area is 731 Å². The van der Waals surface area contributed by atoms with Crippen molar-refractivity contribution in [3.05, 3.63) is 0 Å². The molecule has 0 aromatic carbocycles. The summed E-state index contributed by atoms with van der Waals surface area (Å²) >= 11 is 0. The summed E-state index contributed by atoms with van der Waals surface area (Å²) in [5.41, 5.74) is 0. The van der Waals surface area contributed by atoms with Crippen molar-refractivity contribution in [2.75, 3.05) is 66.1 Å². The number of rotatable bonds is 34. The molecule has 0 aliphatic carbocycles. The Morgan fingerprint density at radius 3 is 0.829 bits per heavy atom. The Hall–Kier alpha value is -4.98. The molecule has 10 saturated heterocycles. The normalized spacial score (nSPS) is 47.5. The summed E-state index contributed by atoms with van der Waals surface area (Å²) in [4.78, 5) is 76.8. The second-order valence-corrected chi connectivity index (χ2v) is 32.5. The first kappa shape index (κ1) is 106. The Bertz CT molecular complexity index is 3570. The fraction of sp³-hybridized carbons (Fsp3) is 0.917. The number of hydrogen-bond donors (Lipinski definition) is 32. The van der Waals surface area contributed by atoms with Gasteiger partial charge in [-0.25, -0.2) is 0 Å². The average molecular weight is 1890 g/mol. The largest absolute Gasteiger partial charge is 0.394 e. The molecule has 0 radical (unpaired) electrons. The summed E-state index contributed by atoms with van der Waals surface area (Å²) in [5, 5.41) is 309. The van der Waals surface area contributed by atoms with Crippen molar-refractivity contribution in [1.29, 1.82) is 0 Å². The van der Waals surface area contributed by atoms with E-state index in [0.717, 1.165) is 41.5 Å². The molecule has 0 spiro atoms. The summed E-state index contributed by atoms with van der Waals surface area (Å²) in [6.07, 6.45) is -94.8. The van der Waals surface area contributed by atoms with Crippen LogP contribution in [0.15, 0.2) is 0 Å². The van der Waals surface area contributed by atoms with E-state index in [4.69, 9.17) is 90.0 Å². The maximum absolute atomic E-state index is 13.3. The number of aliphatic hydroxyl groups is 26. The smallest absolute Gasteiger partial charge is 0.217 e. The van der Waals surface area contributed by atoms with Gasteiger partial charge in [-0.15, -0.1) is 0 Å². The highest BCUT2D eigenvalue weighted by Crippen LogP contribution is 2.41. The number of carbonyl (C=O) groups excluding carboxylic acids is 6. The van der Waals surface area contributed by atoms with E-state index in [1.165, 1.54) is 0 Å². The number of aliphatic hydroxyl groups excluding tert-OH is 26. The van der Waals surface area contributed by atoms with E-state index in [0.29, 0.717) is 0 Å². The van der Waals surface area contributed by atoms with E-state index >= 15 is 0 Å². The standard InChI is InChI=1S/C72H120N6O51/c1-17(87)73-33-48(102)56(27(11-83)113-63(33)110)123-67-37(77-21(5)91)49(103)58(29(13-85)118-67)126-70-55(109)60(44(98)32(121-70)16-112-71-61(128-66-36(76-20(4)90)47(101)41(95)25(9-81)116-66)52(106)43(97)31(122-71)15-111-64-34(74-18(2)88)45(99)39(93)23(7-79)114-64)127-72-62(54(108)59(30(14-86)120-72)124-65-35(75-19(3)89)46(100)40(94)24(8-80)115-65)129-68-38(78-22(6)92)50(104)57(28(12-84)119-68)125-69-53(107)51(105)42(96)26(10-82)117-69/h23-72,79-86,93-110H,7-16H2,1-6H3,(H,73,87)(H,74,88)(H,75,89)(H,76,90)(H,77,91)(H,78,92)/t23-,24-,25-,26-,27-,28-,29-,30-,31-,32-,33-,34-,35-,36-,37-,38-,39-,40-,41-,42+,43-,44-,45-,46-,47-,48-,49-,50-,51+,52+,53-,54+,55+,56-,57-,58-,59-,60+,61+,62+,63+,64-,65+,66+,67+,68+,69+,70+,71+,72-/m1/s1. The summed E-state index contributed by atoms with van der Waals surface area (Å²) < 4.78 is 115. The van der Waals surface area contributed by atoms with Crippen LogP contribution in [0, 0.1) is 0 Å². The number of nitrogens with one attached hydrogen (secondary N) is 6. The van der Waals surface area contributed by atoms with Gasteiger partial charge >= 0.3 is 0 Å². The molecule has 50 atom stereocenters. The second-order valence-electron chi connectivity index (χ2n) is 32.5. The third-order valence-electron chi connectivity index (χ3n) is 23.3. The van der Waals surface area contributed by atoms with Crippen LogP contribution in [-0.2, 0) is 119 Å². The summed E-state index contributed by atoms with van der Waals surface area (Å²) in [6.45, 7) is -5.69. The first-order valence-electron chi connectivity index (χ1n) is 41.1. The van der Waals surface area contributed by atoms with E-state index in [1.54, 1.807) is 0 Å². The molecule has 0 bridgehead atoms. The third-order valence-corrected chi connectivity index (χ3v) is 23.3. The fourth-order valence-electron chi connectivity index (χ4n) is 16.6. The van der Waals surface area contributed by atoms with Crippen LogP contribution in [0.2, 0.25) is 0 Å². The molecule has 57 heteroatoms. The van der Waals surface area contributed by atoms with E-state index in [9.17, 15) is 162 Å². The molecule has 10 heterocycles. The molecule has 10 fully saturated rings. The maximum atomic E-state index is 13.3. The van der Waals surface area contributed by atoms with Gasteiger partial charge in [-0.1, -0.05) is 0 Å². The predicted molar refractivity (Wildman–Crippen MR) is 399 cm³/mol. The topological polar surface area (TPSA) is 876 Å². The number of amides is 6. The average Bonchev–Trinajstić information content (AvgIpc) is 0.756. The van der Waals surface area contributed by atoms with Crippen molar-refractivity contribution >= 4 is 35.4 Å². The number of carbonyl (C=O) groups is 6. The SMILES string of the molecule is CC(=O)N[C@@H]1[C@@H](O)[C@H](O[C@@H]2O[C@H](CO)[C@@H](O[C@@H]3O[C@H](CO[C@H]4O[C@H](CO[C@@H]5O[C@H](CO)[C@@H](O)[C@H](O)[C@H]5NC(C)=O)[C@@H](O)[C@H](O)[C@@H]4O[C@@H]4O[C@H](CO)[C@@H](O)[C@H](O)[C@H]4NC(C)=O)[C@@H](O)[C@H](O[C@H]4O[C@H](CO)[C@@H](O[C@@H]5O[C@H](CO)[C@@H](O)[C@H](O)[C@H]5NC(C)=O)[C@H](O)[C@@H]4O[C@@H]4O[C@H](CO)[C@@H](O[C@@H]5O[C@H](CO)[C@H](O)[C@H](O)[C@H]5O)[C@H](O)[C@H]4NC(C)=O)[C@@H]3O)[C@H](O)[C@H]2NC(C)=O)[C@@H](CO)O[C@@H]1O. The van der Waals surface area contributed by atoms with Gasteiger partial charge in [-0.3, -0.25) is 28.8 Å². The van der Waals surface area contributed by atoms with Crippen LogP contribution in [0.1, 0.15) is 41.5 Å². The van der Waals surface area contributed by atoms with Crippen molar-refractivity contribution in [2.24, 2.45) is 0 Å². The van der Waals surface area contributed by atoms with Crippen molar-refractivity contribution in [1.82, 2.24) is 31.9 Å². The van der Waals surface area contributed by atoms with Gasteiger partial charge in [0, 0.05) is 41.5 Å². The molecule has 10 aliphatic rings. The molecule has 32 N–H and O–H groups in total. The molecular weight excluding hydrogens is 1760 g/mol. The molecule has 0 saturated carbocycles. The zero-order valence-corrected chi connectivity index (χ0v) is 69.8. The summed E-state index contributed by atoms with van der Waals surface area (Å²) in [7, 11) is 0. The molecular formula is C72H120N6O51. The van der Waals surface area contributed by atoms with Crippen LogP contribution < -0.4 is 31.9 Å². The van der Waals surface area contributed by atoms with E-state index in [2.05, 4.69) is 31.9 Å². The van der Waals surface area contributed by atoms with Gasteiger partial charge in [0.1, 0.15) is 244 Å². The molecule has 10 rings (SSSR count). The molecule has 10 aliphatic heterocycles. The van der Waals surface area contributed by atoms with Crippen LogP contribution >= 0.6 is 0 Å². The van der Waals surface area contributed by atoms with Crippen LogP contribution in [0.4, 0.5) is 0 Å². The van der Waals surface area contributed by atoms with Crippen molar-refractivity contribution < 1.29 is 252 Å². The lowest BCUT2D eigenvalue weighted by Crippen LogP contribution is -2.71. The second kappa shape index (κ2) is 46.7. The van der Waals surface area contributed by atoms with Crippen molar-refractivity contribution in [3.8, 4) is 0 Å². The molecule has 57 nitrogen and oxygen atoms in total. The van der Waals surface area contributed by atoms with Crippen molar-refractivity contribution in [3.63, 3.8) is 0 Å².